The van der Waals surface area contributed by atoms with Gasteiger partial charge in [-0.05, 0) is 42.5 Å². The molecule has 0 radical (unpaired) electrons. The van der Waals surface area contributed by atoms with Crippen LogP contribution in [0.2, 0.25) is 0 Å². The molecule has 6 rings (SSSR count). The number of nitriles is 1. The van der Waals surface area contributed by atoms with Gasteiger partial charge in [0.05, 0.1) is 21.7 Å². The van der Waals surface area contributed by atoms with Crippen LogP contribution in [0.1, 0.15) is 5.56 Å². The molecule has 11 nitrogen and oxygen atoms in total. The van der Waals surface area contributed by atoms with Crippen molar-refractivity contribution in [2.45, 2.75) is 0 Å². The maximum Gasteiger partial charge on any atom is 0.349 e. The summed E-state index contributed by atoms with van der Waals surface area (Å²) in [5, 5.41) is 37.4. The number of non-ortho nitro benzene ring substituents is 1. The van der Waals surface area contributed by atoms with Crippen molar-refractivity contribution >= 4 is 22.5 Å². The summed E-state index contributed by atoms with van der Waals surface area (Å²) in [5.41, 5.74) is 7.69. The minimum atomic E-state index is -0.834. The molecule has 0 aliphatic heterocycles. The van der Waals surface area contributed by atoms with Gasteiger partial charge < -0.3 is 15.3 Å². The molecule has 3 aromatic carbocycles. The second-order valence-corrected chi connectivity index (χ2v) is 9.01. The third kappa shape index (κ3) is 4.31. The highest BCUT2D eigenvalue weighted by Crippen LogP contribution is 2.39. The first-order valence-corrected chi connectivity index (χ1v) is 12.2. The van der Waals surface area contributed by atoms with Gasteiger partial charge in [-0.25, -0.2) is 14.5 Å². The highest BCUT2D eigenvalue weighted by molar-refractivity contribution is 5.92. The van der Waals surface area contributed by atoms with Gasteiger partial charge in [0.25, 0.3) is 5.69 Å². The van der Waals surface area contributed by atoms with Crippen LogP contribution in [0.5, 0.6) is 5.75 Å². The molecule has 3 N–H and O–H groups in total. The Hall–Kier alpha value is -6.28. The summed E-state index contributed by atoms with van der Waals surface area (Å²) in [6.45, 7) is 0. The van der Waals surface area contributed by atoms with Gasteiger partial charge in [0.2, 0.25) is 0 Å². The minimum absolute atomic E-state index is 0.00406. The van der Waals surface area contributed by atoms with E-state index in [1.54, 1.807) is 47.3 Å². The second-order valence-electron chi connectivity index (χ2n) is 9.01. The number of hydrogen-bond acceptors (Lipinski definition) is 9. The van der Waals surface area contributed by atoms with Gasteiger partial charge in [-0.3, -0.25) is 10.1 Å². The molecule has 0 aliphatic carbocycles. The normalized spacial score (nSPS) is 10.9. The largest absolute Gasteiger partial charge is 0.506 e. The van der Waals surface area contributed by atoms with Crippen molar-refractivity contribution in [3.63, 3.8) is 0 Å². The van der Waals surface area contributed by atoms with Crippen molar-refractivity contribution in [1.82, 2.24) is 14.8 Å². The quantitative estimate of drug-likeness (QED) is 0.163. The third-order valence-corrected chi connectivity index (χ3v) is 6.58. The molecule has 0 saturated carbocycles. The number of hydrogen-bond donors (Lipinski definition) is 2. The lowest BCUT2D eigenvalue weighted by molar-refractivity contribution is -0.384. The number of rotatable bonds is 5. The Kier molecular flexibility index (Phi) is 5.98. The van der Waals surface area contributed by atoms with E-state index in [1.165, 1.54) is 18.2 Å². The Morgan fingerprint density at radius 2 is 1.71 bits per heavy atom. The third-order valence-electron chi connectivity index (χ3n) is 6.58. The van der Waals surface area contributed by atoms with Gasteiger partial charge in [0, 0.05) is 35.0 Å². The van der Waals surface area contributed by atoms with E-state index in [2.05, 4.69) is 11.1 Å². The molecule has 41 heavy (non-hydrogen) atoms. The lowest BCUT2D eigenvalue weighted by Gasteiger charge is -2.11. The molecule has 0 unspecified atom stereocenters. The zero-order valence-electron chi connectivity index (χ0n) is 21.1. The Morgan fingerprint density at radius 3 is 2.41 bits per heavy atom. The molecule has 0 fully saturated rings. The first-order chi connectivity index (χ1) is 19.9. The smallest absolute Gasteiger partial charge is 0.349 e. The molecule has 0 saturated heterocycles. The summed E-state index contributed by atoms with van der Waals surface area (Å²) in [7, 11) is 0. The molecular weight excluding hydrogens is 524 g/mol. The monoisotopic (exact) mass is 542 g/mol. The molecule has 0 aliphatic rings. The average Bonchev–Trinajstić information content (AvgIpc) is 3.43. The van der Waals surface area contributed by atoms with Gasteiger partial charge >= 0.3 is 5.63 Å². The zero-order chi connectivity index (χ0) is 28.7. The van der Waals surface area contributed by atoms with Gasteiger partial charge in [-0.15, -0.1) is 0 Å². The van der Waals surface area contributed by atoms with Gasteiger partial charge in [0.1, 0.15) is 40.0 Å². The van der Waals surface area contributed by atoms with Crippen molar-refractivity contribution in [2.75, 3.05) is 5.73 Å². The first-order valence-electron chi connectivity index (χ1n) is 12.2. The molecule has 198 valence electrons. The van der Waals surface area contributed by atoms with Crippen molar-refractivity contribution in [2.24, 2.45) is 0 Å². The maximum atomic E-state index is 13.0. The van der Waals surface area contributed by atoms with Crippen LogP contribution >= 0.6 is 0 Å². The van der Waals surface area contributed by atoms with Gasteiger partial charge in [-0.1, -0.05) is 30.3 Å². The van der Waals surface area contributed by atoms with Crippen molar-refractivity contribution in [3.05, 3.63) is 117 Å². The molecule has 0 bridgehead atoms. The predicted molar refractivity (Wildman–Crippen MR) is 151 cm³/mol. The van der Waals surface area contributed by atoms with Crippen molar-refractivity contribution in [1.29, 1.82) is 5.26 Å². The first kappa shape index (κ1) is 25.0. The summed E-state index contributed by atoms with van der Waals surface area (Å²) in [6, 6.07) is 25.1. The number of nitro groups is 1. The van der Waals surface area contributed by atoms with Gasteiger partial charge in [0.15, 0.2) is 0 Å². The second kappa shape index (κ2) is 9.79. The molecular formula is C30H18N6O5. The Labute approximate surface area is 231 Å². The zero-order valence-corrected chi connectivity index (χ0v) is 21.1. The van der Waals surface area contributed by atoms with E-state index in [1.807, 2.05) is 30.3 Å². The number of nitrogen functional groups attached to an aromatic ring is 1. The molecule has 0 amide bonds. The SMILES string of the molecule is N#Cc1c(-c2cn(-c3ccccc3)nc2-c2ccc([N+](=O)[O-])cc2)cc(-c2c(O)c3ccccc3oc2=O)nc1N. The van der Waals surface area contributed by atoms with Crippen LogP contribution in [0.4, 0.5) is 11.5 Å². The highest BCUT2D eigenvalue weighted by atomic mass is 16.6. The lowest BCUT2D eigenvalue weighted by Crippen LogP contribution is -2.07. The van der Waals surface area contributed by atoms with Crippen LogP contribution < -0.4 is 11.4 Å². The van der Waals surface area contributed by atoms with Crippen LogP contribution in [0.3, 0.4) is 0 Å². The summed E-state index contributed by atoms with van der Waals surface area (Å²) in [5.74, 6) is -0.510. The number of aromatic hydroxyl groups is 1. The average molecular weight is 543 g/mol. The number of anilines is 1. The minimum Gasteiger partial charge on any atom is -0.506 e. The van der Waals surface area contributed by atoms with Crippen LogP contribution in [0.15, 0.2) is 100 Å². The summed E-state index contributed by atoms with van der Waals surface area (Å²) in [6.07, 6.45) is 1.69. The summed E-state index contributed by atoms with van der Waals surface area (Å²) < 4.78 is 7.03. The summed E-state index contributed by atoms with van der Waals surface area (Å²) >= 11 is 0. The number of fused-ring (bicyclic) bond motifs is 1. The van der Waals surface area contributed by atoms with Gasteiger partial charge in [-0.2, -0.15) is 10.4 Å². The highest BCUT2D eigenvalue weighted by Gasteiger charge is 2.24. The van der Waals surface area contributed by atoms with E-state index < -0.39 is 10.5 Å². The summed E-state index contributed by atoms with van der Waals surface area (Å²) in [4.78, 5) is 28.0. The number of nitrogens with zero attached hydrogens (tertiary/aromatic N) is 5. The Morgan fingerprint density at radius 1 is 1.00 bits per heavy atom. The van der Waals surface area contributed by atoms with E-state index in [-0.39, 0.29) is 45.2 Å². The lowest BCUT2D eigenvalue weighted by atomic mass is 9.96. The van der Waals surface area contributed by atoms with E-state index in [4.69, 9.17) is 15.2 Å². The Balaban J connectivity index is 1.62. The fourth-order valence-corrected chi connectivity index (χ4v) is 4.62. The number of nitro benzene ring substituents is 1. The van der Waals surface area contributed by atoms with E-state index in [0.717, 1.165) is 5.69 Å². The molecule has 6 aromatic rings. The number of benzene rings is 3. The maximum absolute atomic E-state index is 13.0. The van der Waals surface area contributed by atoms with Crippen LogP contribution in [-0.2, 0) is 0 Å². The van der Waals surface area contributed by atoms with E-state index in [9.17, 15) is 25.3 Å². The topological polar surface area (TPSA) is 174 Å². The number of nitrogens with two attached hydrogens (primary N) is 1. The van der Waals surface area contributed by atoms with E-state index >= 15 is 0 Å². The fraction of sp³-hybridized carbons (Fsp3) is 0. The molecule has 3 heterocycles. The fourth-order valence-electron chi connectivity index (χ4n) is 4.62. The number of para-hydroxylation sites is 2. The van der Waals surface area contributed by atoms with E-state index in [0.29, 0.717) is 22.2 Å². The molecule has 0 atom stereocenters. The molecule has 3 aromatic heterocycles. The predicted octanol–water partition coefficient (Wildman–Crippen LogP) is 5.44. The number of aromatic nitrogens is 3. The Bertz CT molecular complexity index is 2080. The van der Waals surface area contributed by atoms with Crippen LogP contribution in [0, 0.1) is 21.4 Å². The molecule has 11 heteroatoms. The van der Waals surface area contributed by atoms with Crippen molar-refractivity contribution < 1.29 is 14.4 Å². The molecule has 0 spiro atoms. The van der Waals surface area contributed by atoms with Crippen LogP contribution in [-0.4, -0.2) is 24.8 Å². The standard InChI is InChI=1S/C30H18N6O5/c31-15-22-21(14-24(33-29(22)32)26-28(37)20-8-4-5-9-25(20)41-30(26)38)23-16-35(18-6-2-1-3-7-18)34-27(23)17-10-12-19(13-11-17)36(39)40/h1-14,16,37H,(H2,32,33). The number of pyridine rings is 1. The van der Waals surface area contributed by atoms with Crippen molar-refractivity contribution in [3.8, 4) is 51.1 Å². The van der Waals surface area contributed by atoms with Crippen LogP contribution in [0.25, 0.3) is 50.3 Å².